The number of ether oxygens (including phenoxy) is 2. The number of amides is 1. The summed E-state index contributed by atoms with van der Waals surface area (Å²) >= 11 is 0. The van der Waals surface area contributed by atoms with Crippen molar-refractivity contribution in [3.63, 3.8) is 0 Å². The molecule has 1 aromatic heterocycles. The van der Waals surface area contributed by atoms with Crippen LogP contribution in [0.4, 0.5) is 0 Å². The second kappa shape index (κ2) is 6.92. The van der Waals surface area contributed by atoms with Crippen LogP contribution in [0.3, 0.4) is 0 Å². The number of hydrogen-bond donors (Lipinski definition) is 1. The number of carbonyl (C=O) groups excluding carboxylic acids is 1. The number of nitrogens with zero attached hydrogens (tertiary/aromatic N) is 1. The number of aromatic nitrogens is 1. The molecular formula is C17H22N2O3. The zero-order chi connectivity index (χ0) is 15.4. The van der Waals surface area contributed by atoms with Gasteiger partial charge < -0.3 is 14.8 Å². The molecule has 1 unspecified atom stereocenters. The molecule has 118 valence electrons. The van der Waals surface area contributed by atoms with E-state index in [-0.39, 0.29) is 18.1 Å². The zero-order valence-corrected chi connectivity index (χ0v) is 12.8. The molecule has 0 radical (unpaired) electrons. The highest BCUT2D eigenvalue weighted by atomic mass is 16.5. The van der Waals surface area contributed by atoms with Gasteiger partial charge in [0.05, 0.1) is 13.2 Å². The first-order chi connectivity index (χ1) is 10.8. The molecule has 1 aliphatic heterocycles. The van der Waals surface area contributed by atoms with Crippen LogP contribution in [0.25, 0.3) is 0 Å². The first kappa shape index (κ1) is 15.0. The van der Waals surface area contributed by atoms with Crippen molar-refractivity contribution in [1.82, 2.24) is 10.3 Å². The summed E-state index contributed by atoms with van der Waals surface area (Å²) in [6, 6.07) is 3.79. The van der Waals surface area contributed by atoms with E-state index in [1.807, 2.05) is 12.1 Å². The molecule has 1 aliphatic carbocycles. The highest BCUT2D eigenvalue weighted by Crippen LogP contribution is 2.30. The van der Waals surface area contributed by atoms with Crippen molar-refractivity contribution < 1.29 is 14.3 Å². The molecule has 0 spiro atoms. The number of carbonyl (C=O) groups is 1. The fourth-order valence-corrected chi connectivity index (χ4v) is 3.12. The van der Waals surface area contributed by atoms with Crippen molar-refractivity contribution in [3.8, 4) is 5.88 Å². The third-order valence-corrected chi connectivity index (χ3v) is 4.29. The van der Waals surface area contributed by atoms with Gasteiger partial charge in [-0.1, -0.05) is 12.2 Å². The second-order valence-electron chi connectivity index (χ2n) is 5.86. The summed E-state index contributed by atoms with van der Waals surface area (Å²) < 4.78 is 10.9. The van der Waals surface area contributed by atoms with Gasteiger partial charge >= 0.3 is 0 Å². The van der Waals surface area contributed by atoms with Crippen LogP contribution in [-0.4, -0.2) is 30.6 Å². The Kier molecular flexibility index (Phi) is 4.73. The van der Waals surface area contributed by atoms with Gasteiger partial charge in [-0.3, -0.25) is 4.79 Å². The van der Waals surface area contributed by atoms with Crippen LogP contribution in [0, 0.1) is 5.92 Å². The Labute approximate surface area is 130 Å². The molecule has 2 heterocycles. The third kappa shape index (κ3) is 3.47. The number of allylic oxidation sites excluding steroid dienone is 2. The minimum Gasteiger partial charge on any atom is -0.481 e. The quantitative estimate of drug-likeness (QED) is 0.848. The number of methoxy groups -OCH3 is 1. The fraction of sp³-hybridized carbons (Fsp3) is 0.529. The van der Waals surface area contributed by atoms with Crippen molar-refractivity contribution in [2.24, 2.45) is 5.92 Å². The second-order valence-corrected chi connectivity index (χ2v) is 5.86. The summed E-state index contributed by atoms with van der Waals surface area (Å²) in [5.41, 5.74) is 0.976. The summed E-state index contributed by atoms with van der Waals surface area (Å²) in [5, 5.41) is 3.13. The maximum atomic E-state index is 12.2. The van der Waals surface area contributed by atoms with E-state index in [1.54, 1.807) is 13.3 Å². The van der Waals surface area contributed by atoms with Crippen LogP contribution in [0.15, 0.2) is 30.5 Å². The Morgan fingerprint density at radius 1 is 1.45 bits per heavy atom. The zero-order valence-electron chi connectivity index (χ0n) is 12.8. The van der Waals surface area contributed by atoms with E-state index in [0.29, 0.717) is 24.8 Å². The molecule has 1 N–H and O–H groups in total. The SMILES string of the molecule is COc1ccc([C@H]2OCC[C@@H]2NC(=O)CC2C=CCC2)cn1. The molecule has 22 heavy (non-hydrogen) atoms. The lowest BCUT2D eigenvalue weighted by Gasteiger charge is -2.21. The van der Waals surface area contributed by atoms with Crippen molar-refractivity contribution in [2.75, 3.05) is 13.7 Å². The lowest BCUT2D eigenvalue weighted by atomic mass is 10.0. The van der Waals surface area contributed by atoms with Gasteiger partial charge in [0.15, 0.2) is 0 Å². The molecule has 1 amide bonds. The molecule has 1 aromatic rings. The monoisotopic (exact) mass is 302 g/mol. The molecule has 5 nitrogen and oxygen atoms in total. The van der Waals surface area contributed by atoms with Gasteiger partial charge in [0.25, 0.3) is 0 Å². The molecule has 5 heteroatoms. The first-order valence-corrected chi connectivity index (χ1v) is 7.84. The van der Waals surface area contributed by atoms with Gasteiger partial charge in [-0.15, -0.1) is 0 Å². The van der Waals surface area contributed by atoms with Gasteiger partial charge in [0.2, 0.25) is 11.8 Å². The molecule has 0 bridgehead atoms. The molecule has 0 aromatic carbocycles. The normalized spacial score (nSPS) is 27.0. The molecule has 0 saturated carbocycles. The topological polar surface area (TPSA) is 60.5 Å². The van der Waals surface area contributed by atoms with Crippen LogP contribution >= 0.6 is 0 Å². The van der Waals surface area contributed by atoms with Gasteiger partial charge in [-0.05, 0) is 31.2 Å². The maximum Gasteiger partial charge on any atom is 0.220 e. The maximum absolute atomic E-state index is 12.2. The van der Waals surface area contributed by atoms with Crippen molar-refractivity contribution >= 4 is 5.91 Å². The van der Waals surface area contributed by atoms with Crippen molar-refractivity contribution in [1.29, 1.82) is 0 Å². The largest absolute Gasteiger partial charge is 0.481 e. The summed E-state index contributed by atoms with van der Waals surface area (Å²) in [5.74, 6) is 1.08. The van der Waals surface area contributed by atoms with E-state index >= 15 is 0 Å². The third-order valence-electron chi connectivity index (χ3n) is 4.29. The highest BCUT2D eigenvalue weighted by molar-refractivity contribution is 5.77. The first-order valence-electron chi connectivity index (χ1n) is 7.84. The summed E-state index contributed by atoms with van der Waals surface area (Å²) in [4.78, 5) is 16.4. The molecule has 1 fully saturated rings. The van der Waals surface area contributed by atoms with E-state index in [1.165, 1.54) is 0 Å². The number of rotatable bonds is 5. The minimum absolute atomic E-state index is 0.0214. The van der Waals surface area contributed by atoms with Gasteiger partial charge in [-0.2, -0.15) is 0 Å². The molecular weight excluding hydrogens is 280 g/mol. The molecule has 3 rings (SSSR count). The van der Waals surface area contributed by atoms with Gasteiger partial charge in [0, 0.05) is 30.9 Å². The number of nitrogens with one attached hydrogen (secondary N) is 1. The fourth-order valence-electron chi connectivity index (χ4n) is 3.12. The number of pyridine rings is 1. The van der Waals surface area contributed by atoms with E-state index in [9.17, 15) is 4.79 Å². The summed E-state index contributed by atoms with van der Waals surface area (Å²) in [6.07, 6.45) is 9.52. The van der Waals surface area contributed by atoms with Crippen molar-refractivity contribution in [3.05, 3.63) is 36.0 Å². The van der Waals surface area contributed by atoms with E-state index in [0.717, 1.165) is 24.8 Å². The molecule has 3 atom stereocenters. The Morgan fingerprint density at radius 2 is 2.36 bits per heavy atom. The molecule has 2 aliphatic rings. The van der Waals surface area contributed by atoms with E-state index < -0.39 is 0 Å². The highest BCUT2D eigenvalue weighted by Gasteiger charge is 2.31. The lowest BCUT2D eigenvalue weighted by molar-refractivity contribution is -0.122. The predicted octanol–water partition coefficient (Wildman–Crippen LogP) is 2.39. The average molecular weight is 302 g/mol. The van der Waals surface area contributed by atoms with Crippen LogP contribution in [0.5, 0.6) is 5.88 Å². The van der Waals surface area contributed by atoms with Crippen LogP contribution in [0.1, 0.15) is 37.4 Å². The van der Waals surface area contributed by atoms with E-state index in [4.69, 9.17) is 9.47 Å². The Bertz CT molecular complexity index is 541. The number of hydrogen-bond acceptors (Lipinski definition) is 4. The lowest BCUT2D eigenvalue weighted by Crippen LogP contribution is -2.37. The summed E-state index contributed by atoms with van der Waals surface area (Å²) in [6.45, 7) is 0.658. The summed E-state index contributed by atoms with van der Waals surface area (Å²) in [7, 11) is 1.59. The van der Waals surface area contributed by atoms with Gasteiger partial charge in [0.1, 0.15) is 6.10 Å². The minimum atomic E-state index is -0.124. The standard InChI is InChI=1S/C17H22N2O3/c1-21-16-7-6-13(11-18-16)17-14(8-9-22-17)19-15(20)10-12-4-2-3-5-12/h2,4,6-7,11-12,14,17H,3,5,8-10H2,1H3,(H,19,20)/t12?,14-,17+/m0/s1. The van der Waals surface area contributed by atoms with Crippen LogP contribution in [-0.2, 0) is 9.53 Å². The van der Waals surface area contributed by atoms with Gasteiger partial charge in [-0.25, -0.2) is 4.98 Å². The van der Waals surface area contributed by atoms with E-state index in [2.05, 4.69) is 22.5 Å². The predicted molar refractivity (Wildman–Crippen MR) is 82.5 cm³/mol. The van der Waals surface area contributed by atoms with Crippen molar-refractivity contribution in [2.45, 2.75) is 37.8 Å². The smallest absolute Gasteiger partial charge is 0.220 e. The average Bonchev–Trinajstić information content (AvgIpc) is 3.19. The Balaban J connectivity index is 1.59. The Morgan fingerprint density at radius 3 is 3.05 bits per heavy atom. The van der Waals surface area contributed by atoms with Crippen LogP contribution < -0.4 is 10.1 Å². The Hall–Kier alpha value is -1.88. The molecule has 1 saturated heterocycles. The van der Waals surface area contributed by atoms with Crippen LogP contribution in [0.2, 0.25) is 0 Å².